The third-order valence-electron chi connectivity index (χ3n) is 7.20. The minimum absolute atomic E-state index is 0.0124. The molecule has 2 aromatic carbocycles. The predicted molar refractivity (Wildman–Crippen MR) is 146 cm³/mol. The molecule has 37 heavy (non-hydrogen) atoms. The normalized spacial score (nSPS) is 16.5. The van der Waals surface area contributed by atoms with Gasteiger partial charge in [-0.1, -0.05) is 29.8 Å². The van der Waals surface area contributed by atoms with Crippen molar-refractivity contribution in [1.82, 2.24) is 9.88 Å². The third-order valence-corrected chi connectivity index (χ3v) is 7.45. The SMILES string of the molecule is Cc1ccc(C(=O)N2CCC(c3ccc(Cl)cc3)CC2)cc1NC(=O)c1ccc(N2CCOCC2)nc1. The molecule has 2 fully saturated rings. The number of hydrogen-bond acceptors (Lipinski definition) is 5. The van der Waals surface area contributed by atoms with Crippen molar-refractivity contribution in [3.8, 4) is 0 Å². The highest BCUT2D eigenvalue weighted by Crippen LogP contribution is 2.30. The lowest BCUT2D eigenvalue weighted by molar-refractivity contribution is 0.0712. The number of hydrogen-bond donors (Lipinski definition) is 1. The maximum Gasteiger partial charge on any atom is 0.257 e. The number of piperidine rings is 1. The van der Waals surface area contributed by atoms with Gasteiger partial charge in [0.05, 0.1) is 18.8 Å². The van der Waals surface area contributed by atoms with Crippen LogP contribution in [0.5, 0.6) is 0 Å². The van der Waals surface area contributed by atoms with Crippen LogP contribution in [0.2, 0.25) is 5.02 Å². The Kier molecular flexibility index (Phi) is 7.72. The number of aryl methyl sites for hydroxylation is 1. The zero-order chi connectivity index (χ0) is 25.8. The van der Waals surface area contributed by atoms with Crippen molar-refractivity contribution in [3.63, 3.8) is 0 Å². The first kappa shape index (κ1) is 25.2. The third kappa shape index (κ3) is 5.95. The Morgan fingerprint density at radius 1 is 0.946 bits per heavy atom. The summed E-state index contributed by atoms with van der Waals surface area (Å²) in [6.45, 7) is 6.25. The van der Waals surface area contributed by atoms with E-state index in [-0.39, 0.29) is 11.8 Å². The molecule has 1 aromatic heterocycles. The van der Waals surface area contributed by atoms with Crippen LogP contribution in [0.15, 0.2) is 60.8 Å². The number of benzene rings is 2. The summed E-state index contributed by atoms with van der Waals surface area (Å²) < 4.78 is 5.39. The summed E-state index contributed by atoms with van der Waals surface area (Å²) in [4.78, 5) is 34.7. The lowest BCUT2D eigenvalue weighted by atomic mass is 9.89. The smallest absolute Gasteiger partial charge is 0.257 e. The molecule has 0 unspecified atom stereocenters. The number of halogens is 1. The van der Waals surface area contributed by atoms with Crippen LogP contribution >= 0.6 is 11.6 Å². The molecule has 2 aliphatic heterocycles. The highest BCUT2D eigenvalue weighted by atomic mass is 35.5. The number of carbonyl (C=O) groups is 2. The Bertz CT molecular complexity index is 1250. The van der Waals surface area contributed by atoms with E-state index in [2.05, 4.69) is 27.3 Å². The van der Waals surface area contributed by atoms with Crippen LogP contribution in [0.4, 0.5) is 11.5 Å². The quantitative estimate of drug-likeness (QED) is 0.505. The number of carbonyl (C=O) groups excluding carboxylic acids is 2. The summed E-state index contributed by atoms with van der Waals surface area (Å²) in [6.07, 6.45) is 3.42. The molecule has 7 nitrogen and oxygen atoms in total. The van der Waals surface area contributed by atoms with Gasteiger partial charge in [0.15, 0.2) is 0 Å². The summed E-state index contributed by atoms with van der Waals surface area (Å²) in [5.41, 5.74) is 3.83. The zero-order valence-electron chi connectivity index (χ0n) is 21.0. The van der Waals surface area contributed by atoms with Crippen molar-refractivity contribution in [2.75, 3.05) is 49.6 Å². The van der Waals surface area contributed by atoms with Crippen LogP contribution < -0.4 is 10.2 Å². The fourth-order valence-corrected chi connectivity index (χ4v) is 5.04. The van der Waals surface area contributed by atoms with Crippen LogP contribution in [-0.4, -0.2) is 61.1 Å². The molecule has 0 aliphatic carbocycles. The molecule has 8 heteroatoms. The maximum atomic E-state index is 13.3. The Labute approximate surface area is 222 Å². The van der Waals surface area contributed by atoms with Crippen molar-refractivity contribution in [3.05, 3.63) is 88.1 Å². The topological polar surface area (TPSA) is 74.8 Å². The lowest BCUT2D eigenvalue weighted by Gasteiger charge is -2.32. The summed E-state index contributed by atoms with van der Waals surface area (Å²) >= 11 is 6.02. The van der Waals surface area contributed by atoms with Gasteiger partial charge in [-0.15, -0.1) is 0 Å². The molecule has 192 valence electrons. The molecule has 2 saturated heterocycles. The van der Waals surface area contributed by atoms with Crippen molar-refractivity contribution < 1.29 is 14.3 Å². The van der Waals surface area contributed by atoms with Gasteiger partial charge in [0, 0.05) is 48.6 Å². The molecule has 0 atom stereocenters. The van der Waals surface area contributed by atoms with Crippen molar-refractivity contribution in [1.29, 1.82) is 0 Å². The number of pyridine rings is 1. The summed E-state index contributed by atoms with van der Waals surface area (Å²) in [7, 11) is 0. The van der Waals surface area contributed by atoms with E-state index in [0.29, 0.717) is 49.0 Å². The zero-order valence-corrected chi connectivity index (χ0v) is 21.7. The van der Waals surface area contributed by atoms with E-state index in [0.717, 1.165) is 42.3 Å². The highest BCUT2D eigenvalue weighted by Gasteiger charge is 2.25. The van der Waals surface area contributed by atoms with Gasteiger partial charge in [0.25, 0.3) is 11.8 Å². The largest absolute Gasteiger partial charge is 0.378 e. The van der Waals surface area contributed by atoms with Gasteiger partial charge < -0.3 is 19.9 Å². The van der Waals surface area contributed by atoms with Gasteiger partial charge in [0.1, 0.15) is 5.82 Å². The number of anilines is 2. The van der Waals surface area contributed by atoms with Gasteiger partial charge in [-0.3, -0.25) is 9.59 Å². The molecule has 2 aliphatic rings. The van der Waals surface area contributed by atoms with Crippen LogP contribution in [0.25, 0.3) is 0 Å². The fraction of sp³-hybridized carbons (Fsp3) is 0.345. The maximum absolute atomic E-state index is 13.3. The number of nitrogens with zero attached hydrogens (tertiary/aromatic N) is 3. The summed E-state index contributed by atoms with van der Waals surface area (Å²) in [5, 5.41) is 3.70. The number of aromatic nitrogens is 1. The van der Waals surface area contributed by atoms with Gasteiger partial charge in [-0.25, -0.2) is 4.98 Å². The van der Waals surface area contributed by atoms with E-state index in [9.17, 15) is 9.59 Å². The molecule has 2 amide bonds. The Morgan fingerprint density at radius 3 is 2.32 bits per heavy atom. The van der Waals surface area contributed by atoms with Crippen molar-refractivity contribution in [2.24, 2.45) is 0 Å². The minimum Gasteiger partial charge on any atom is -0.378 e. The summed E-state index contributed by atoms with van der Waals surface area (Å²) in [6, 6.07) is 17.1. The molecule has 1 N–H and O–H groups in total. The molecule has 3 heterocycles. The van der Waals surface area contributed by atoms with Crippen molar-refractivity contribution in [2.45, 2.75) is 25.7 Å². The van der Waals surface area contributed by atoms with Crippen LogP contribution in [0, 0.1) is 6.92 Å². The lowest BCUT2D eigenvalue weighted by Crippen LogP contribution is -2.38. The van der Waals surface area contributed by atoms with Crippen molar-refractivity contribution >= 4 is 34.9 Å². The average molecular weight is 519 g/mol. The predicted octanol–water partition coefficient (Wildman–Crippen LogP) is 5.15. The number of amides is 2. The highest BCUT2D eigenvalue weighted by molar-refractivity contribution is 6.30. The number of nitrogens with one attached hydrogen (secondary N) is 1. The fourth-order valence-electron chi connectivity index (χ4n) is 4.92. The second kappa shape index (κ2) is 11.3. The molecular formula is C29H31ClN4O3. The van der Waals surface area contributed by atoms with E-state index >= 15 is 0 Å². The van der Waals surface area contributed by atoms with Gasteiger partial charge in [-0.2, -0.15) is 0 Å². The van der Waals surface area contributed by atoms with Gasteiger partial charge in [0.2, 0.25) is 0 Å². The Hall–Kier alpha value is -3.42. The second-order valence-electron chi connectivity index (χ2n) is 9.61. The first-order valence-corrected chi connectivity index (χ1v) is 13.1. The molecular weight excluding hydrogens is 488 g/mol. The number of morpholine rings is 1. The number of ether oxygens (including phenoxy) is 1. The first-order valence-electron chi connectivity index (χ1n) is 12.7. The van der Waals surface area contributed by atoms with Gasteiger partial charge in [-0.05, 0) is 73.2 Å². The second-order valence-corrected chi connectivity index (χ2v) is 10.0. The molecule has 0 spiro atoms. The molecule has 0 saturated carbocycles. The molecule has 0 radical (unpaired) electrons. The van der Waals surface area contributed by atoms with Gasteiger partial charge >= 0.3 is 0 Å². The van der Waals surface area contributed by atoms with Crippen LogP contribution in [-0.2, 0) is 4.74 Å². The Balaban J connectivity index is 1.21. The first-order chi connectivity index (χ1) is 18.0. The van der Waals surface area contributed by atoms with E-state index in [1.807, 2.05) is 42.2 Å². The minimum atomic E-state index is -0.252. The molecule has 5 rings (SSSR count). The number of rotatable bonds is 5. The van der Waals surface area contributed by atoms with Crippen LogP contribution in [0.1, 0.15) is 50.6 Å². The van der Waals surface area contributed by atoms with E-state index in [1.165, 1.54) is 5.56 Å². The van der Waals surface area contributed by atoms with Crippen LogP contribution in [0.3, 0.4) is 0 Å². The summed E-state index contributed by atoms with van der Waals surface area (Å²) in [5.74, 6) is 1.000. The number of likely N-dealkylation sites (tertiary alicyclic amines) is 1. The van der Waals surface area contributed by atoms with E-state index in [1.54, 1.807) is 18.3 Å². The molecule has 3 aromatic rings. The van der Waals surface area contributed by atoms with E-state index in [4.69, 9.17) is 16.3 Å². The monoisotopic (exact) mass is 518 g/mol. The van der Waals surface area contributed by atoms with E-state index < -0.39 is 0 Å². The Morgan fingerprint density at radius 2 is 1.65 bits per heavy atom. The molecule has 0 bridgehead atoms. The standard InChI is InChI=1S/C29H31ClN4O3/c1-20-2-3-23(29(36)34-12-10-22(11-13-34)21-4-7-25(30)8-5-21)18-26(20)32-28(35)24-6-9-27(31-19-24)33-14-16-37-17-15-33/h2-9,18-19,22H,10-17H2,1H3,(H,32,35). The average Bonchev–Trinajstić information content (AvgIpc) is 2.95.